The van der Waals surface area contributed by atoms with Gasteiger partial charge in [-0.2, -0.15) is 0 Å². The summed E-state index contributed by atoms with van der Waals surface area (Å²) in [6, 6.07) is 13.0. The van der Waals surface area contributed by atoms with E-state index in [1.807, 2.05) is 13.8 Å². The van der Waals surface area contributed by atoms with Crippen molar-refractivity contribution in [1.82, 2.24) is 10.3 Å². The van der Waals surface area contributed by atoms with Gasteiger partial charge in [-0.3, -0.25) is 9.59 Å². The second-order valence-corrected chi connectivity index (χ2v) is 7.60. The van der Waals surface area contributed by atoms with Gasteiger partial charge in [0, 0.05) is 16.9 Å². The van der Waals surface area contributed by atoms with Gasteiger partial charge in [0.2, 0.25) is 5.91 Å². The number of carbonyl (C=O) groups excluding carboxylic acids is 2. The number of ether oxygens (including phenoxy) is 1. The van der Waals surface area contributed by atoms with Gasteiger partial charge < -0.3 is 15.4 Å². The number of nitrogens with one attached hydrogen (secondary N) is 2. The lowest BCUT2D eigenvalue weighted by molar-refractivity contribution is -0.115. The maximum Gasteiger partial charge on any atom is 0.251 e. The Bertz CT molecular complexity index is 1020. The summed E-state index contributed by atoms with van der Waals surface area (Å²) in [5.74, 6) is -0.306. The largest absolute Gasteiger partial charge is 0.494 e. The summed E-state index contributed by atoms with van der Waals surface area (Å²) in [6.45, 7) is 4.12. The van der Waals surface area contributed by atoms with Gasteiger partial charge in [0.05, 0.1) is 18.8 Å². The van der Waals surface area contributed by atoms with E-state index < -0.39 is 0 Å². The molecule has 0 aliphatic carbocycles. The van der Waals surface area contributed by atoms with E-state index in [9.17, 15) is 14.0 Å². The van der Waals surface area contributed by atoms with Crippen LogP contribution < -0.4 is 15.4 Å². The minimum Gasteiger partial charge on any atom is -0.494 e. The number of anilines is 1. The zero-order chi connectivity index (χ0) is 21.5. The van der Waals surface area contributed by atoms with E-state index in [0.717, 1.165) is 16.1 Å². The second-order valence-electron chi connectivity index (χ2n) is 6.52. The van der Waals surface area contributed by atoms with Gasteiger partial charge >= 0.3 is 0 Å². The standard InChI is InChI=1S/C22H22FN3O3S/c1-3-29-18-10-6-16(7-11-18)21(28)24-13-20(27)26-22-25-14(2)19(30-22)12-15-4-8-17(23)9-5-15/h4-11H,3,12-13H2,1-2H3,(H,24,28)(H,25,26,27). The summed E-state index contributed by atoms with van der Waals surface area (Å²) >= 11 is 1.36. The zero-order valence-corrected chi connectivity index (χ0v) is 17.5. The van der Waals surface area contributed by atoms with Crippen LogP contribution in [-0.4, -0.2) is 29.9 Å². The Kier molecular flexibility index (Phi) is 7.13. The van der Waals surface area contributed by atoms with Crippen molar-refractivity contribution in [3.63, 3.8) is 0 Å². The number of carbonyl (C=O) groups is 2. The molecule has 2 amide bonds. The normalized spacial score (nSPS) is 10.5. The van der Waals surface area contributed by atoms with E-state index in [1.54, 1.807) is 36.4 Å². The Morgan fingerprint density at radius 2 is 1.80 bits per heavy atom. The first-order valence-corrected chi connectivity index (χ1v) is 10.3. The molecule has 8 heteroatoms. The summed E-state index contributed by atoms with van der Waals surface area (Å²) in [5.41, 5.74) is 2.21. The number of benzene rings is 2. The van der Waals surface area contributed by atoms with E-state index in [4.69, 9.17) is 4.74 Å². The van der Waals surface area contributed by atoms with Crippen molar-refractivity contribution in [3.8, 4) is 5.75 Å². The number of amides is 2. The van der Waals surface area contributed by atoms with Crippen LogP contribution in [0.5, 0.6) is 5.75 Å². The lowest BCUT2D eigenvalue weighted by Gasteiger charge is -2.06. The first kappa shape index (κ1) is 21.4. The highest BCUT2D eigenvalue weighted by molar-refractivity contribution is 7.15. The molecule has 0 atom stereocenters. The quantitative estimate of drug-likeness (QED) is 0.571. The fraction of sp³-hybridized carbons (Fsp3) is 0.227. The van der Waals surface area contributed by atoms with Crippen LogP contribution in [0, 0.1) is 12.7 Å². The predicted molar refractivity (Wildman–Crippen MR) is 115 cm³/mol. The molecule has 0 aliphatic heterocycles. The van der Waals surface area contributed by atoms with Crippen LogP contribution in [0.4, 0.5) is 9.52 Å². The minimum atomic E-state index is -0.364. The molecule has 2 aromatic carbocycles. The van der Waals surface area contributed by atoms with Gasteiger partial charge in [-0.1, -0.05) is 12.1 Å². The average Bonchev–Trinajstić information content (AvgIpc) is 3.07. The molecular formula is C22H22FN3O3S. The van der Waals surface area contributed by atoms with Crippen LogP contribution in [-0.2, 0) is 11.2 Å². The summed E-state index contributed by atoms with van der Waals surface area (Å²) in [4.78, 5) is 29.7. The molecule has 0 unspecified atom stereocenters. The van der Waals surface area contributed by atoms with Crippen LogP contribution in [0.3, 0.4) is 0 Å². The lowest BCUT2D eigenvalue weighted by atomic mass is 10.1. The van der Waals surface area contributed by atoms with Gasteiger partial charge in [-0.15, -0.1) is 11.3 Å². The van der Waals surface area contributed by atoms with Gasteiger partial charge in [-0.05, 0) is 55.8 Å². The molecule has 0 spiro atoms. The highest BCUT2D eigenvalue weighted by atomic mass is 32.1. The van der Waals surface area contributed by atoms with Crippen LogP contribution >= 0.6 is 11.3 Å². The molecule has 0 fully saturated rings. The highest BCUT2D eigenvalue weighted by Gasteiger charge is 2.13. The third kappa shape index (κ3) is 5.87. The number of thiazole rings is 1. The molecule has 3 aromatic rings. The molecule has 1 heterocycles. The minimum absolute atomic E-state index is 0.169. The molecular weight excluding hydrogens is 405 g/mol. The Balaban J connectivity index is 1.52. The Labute approximate surface area is 178 Å². The van der Waals surface area contributed by atoms with Crippen molar-refractivity contribution >= 4 is 28.3 Å². The van der Waals surface area contributed by atoms with Crippen molar-refractivity contribution in [3.05, 3.63) is 76.0 Å². The molecule has 0 saturated carbocycles. The molecule has 6 nitrogen and oxygen atoms in total. The summed E-state index contributed by atoms with van der Waals surface area (Å²) in [7, 11) is 0. The molecule has 3 rings (SSSR count). The molecule has 0 radical (unpaired) electrons. The van der Waals surface area contributed by atoms with Crippen LogP contribution in [0.15, 0.2) is 48.5 Å². The fourth-order valence-electron chi connectivity index (χ4n) is 2.73. The monoisotopic (exact) mass is 427 g/mol. The summed E-state index contributed by atoms with van der Waals surface area (Å²) in [6.07, 6.45) is 0.605. The van der Waals surface area contributed by atoms with Gasteiger partial charge in [0.25, 0.3) is 5.91 Å². The van der Waals surface area contributed by atoms with E-state index in [2.05, 4.69) is 15.6 Å². The molecule has 30 heavy (non-hydrogen) atoms. The highest BCUT2D eigenvalue weighted by Crippen LogP contribution is 2.25. The third-order valence-electron chi connectivity index (χ3n) is 4.25. The smallest absolute Gasteiger partial charge is 0.251 e. The van der Waals surface area contributed by atoms with E-state index in [1.165, 1.54) is 23.5 Å². The third-order valence-corrected chi connectivity index (χ3v) is 5.33. The SMILES string of the molecule is CCOc1ccc(C(=O)NCC(=O)Nc2nc(C)c(Cc3ccc(F)cc3)s2)cc1. The topological polar surface area (TPSA) is 80.3 Å². The predicted octanol–water partition coefficient (Wildman–Crippen LogP) is 3.95. The number of nitrogens with zero attached hydrogens (tertiary/aromatic N) is 1. The number of hydrogen-bond donors (Lipinski definition) is 2. The Hall–Kier alpha value is -3.26. The molecule has 2 N–H and O–H groups in total. The zero-order valence-electron chi connectivity index (χ0n) is 16.7. The van der Waals surface area contributed by atoms with Gasteiger partial charge in [0.1, 0.15) is 11.6 Å². The van der Waals surface area contributed by atoms with Gasteiger partial charge in [0.15, 0.2) is 5.13 Å². The van der Waals surface area contributed by atoms with E-state index in [-0.39, 0.29) is 24.2 Å². The number of halogens is 1. The van der Waals surface area contributed by atoms with Crippen molar-refractivity contribution in [1.29, 1.82) is 0 Å². The average molecular weight is 428 g/mol. The second kappa shape index (κ2) is 9.98. The molecule has 156 valence electrons. The molecule has 1 aromatic heterocycles. The Morgan fingerprint density at radius 3 is 2.47 bits per heavy atom. The first-order valence-electron chi connectivity index (χ1n) is 9.46. The van der Waals surface area contributed by atoms with Crippen LogP contribution in [0.1, 0.15) is 33.4 Å². The fourth-order valence-corrected chi connectivity index (χ4v) is 3.74. The molecule has 0 bridgehead atoms. The van der Waals surface area contributed by atoms with E-state index in [0.29, 0.717) is 29.5 Å². The lowest BCUT2D eigenvalue weighted by Crippen LogP contribution is -2.32. The number of aryl methyl sites for hydroxylation is 1. The maximum atomic E-state index is 13.0. The van der Waals surface area contributed by atoms with E-state index >= 15 is 0 Å². The maximum absolute atomic E-state index is 13.0. The van der Waals surface area contributed by atoms with Crippen molar-refractivity contribution in [2.75, 3.05) is 18.5 Å². The van der Waals surface area contributed by atoms with Crippen LogP contribution in [0.25, 0.3) is 0 Å². The first-order chi connectivity index (χ1) is 14.4. The van der Waals surface area contributed by atoms with Crippen molar-refractivity contribution in [2.45, 2.75) is 20.3 Å². The summed E-state index contributed by atoms with van der Waals surface area (Å²) in [5, 5.41) is 5.75. The Morgan fingerprint density at radius 1 is 1.10 bits per heavy atom. The summed E-state index contributed by atoms with van der Waals surface area (Å²) < 4.78 is 18.4. The molecule has 0 saturated heterocycles. The van der Waals surface area contributed by atoms with Crippen LogP contribution in [0.2, 0.25) is 0 Å². The number of aromatic nitrogens is 1. The van der Waals surface area contributed by atoms with Gasteiger partial charge in [-0.25, -0.2) is 9.37 Å². The van der Waals surface area contributed by atoms with Crippen molar-refractivity contribution < 1.29 is 18.7 Å². The number of rotatable bonds is 8. The van der Waals surface area contributed by atoms with Crippen molar-refractivity contribution in [2.24, 2.45) is 0 Å². The number of hydrogen-bond acceptors (Lipinski definition) is 5. The molecule has 0 aliphatic rings.